The first kappa shape index (κ1) is 22.4. The molecule has 0 aliphatic carbocycles. The molecular formula is C20H16F6N2O3. The number of nitrogens with zero attached hydrogens (tertiary/aromatic N) is 1. The standard InChI is InChI=1S/C20H16F6N2O3/c21-19(22,23)12-5-6-16(29)13(9-12)17(30)27-15-7-8-28(18(15)31)10-11-3-1-2-4-14(11)20(24,25)26/h1-6,9,15,29H,7-8,10H2,(H,27,30). The minimum absolute atomic E-state index is 0.0462. The SMILES string of the molecule is O=C(NC1CCN(Cc2ccccc2C(F)(F)F)C1=O)c1cc(C(F)(F)F)ccc1O. The average molecular weight is 446 g/mol. The molecule has 0 saturated carbocycles. The van der Waals surface area contributed by atoms with Crippen LogP contribution < -0.4 is 5.32 Å². The molecule has 1 aliphatic rings. The molecule has 0 bridgehead atoms. The number of alkyl halides is 6. The number of phenols is 1. The van der Waals surface area contributed by atoms with Gasteiger partial charge in [-0.3, -0.25) is 9.59 Å². The molecule has 1 fully saturated rings. The van der Waals surface area contributed by atoms with E-state index in [-0.39, 0.29) is 25.1 Å². The third-order valence-corrected chi connectivity index (χ3v) is 4.86. The summed E-state index contributed by atoms with van der Waals surface area (Å²) in [4.78, 5) is 26.0. The van der Waals surface area contributed by atoms with Crippen molar-refractivity contribution >= 4 is 11.8 Å². The Kier molecular flexibility index (Phi) is 5.88. The highest BCUT2D eigenvalue weighted by atomic mass is 19.4. The molecule has 1 saturated heterocycles. The fraction of sp³-hybridized carbons (Fsp3) is 0.300. The van der Waals surface area contributed by atoms with Gasteiger partial charge in [-0.15, -0.1) is 0 Å². The zero-order chi connectivity index (χ0) is 23.0. The monoisotopic (exact) mass is 446 g/mol. The summed E-state index contributed by atoms with van der Waals surface area (Å²) < 4.78 is 78.0. The topological polar surface area (TPSA) is 69.6 Å². The Bertz CT molecular complexity index is 1000. The minimum Gasteiger partial charge on any atom is -0.507 e. The van der Waals surface area contributed by atoms with Gasteiger partial charge in [-0.2, -0.15) is 26.3 Å². The summed E-state index contributed by atoms with van der Waals surface area (Å²) in [6, 6.07) is 5.40. The zero-order valence-electron chi connectivity index (χ0n) is 15.7. The molecule has 5 nitrogen and oxygen atoms in total. The molecule has 2 amide bonds. The maximum atomic E-state index is 13.1. The van der Waals surface area contributed by atoms with Crippen LogP contribution in [0.2, 0.25) is 0 Å². The summed E-state index contributed by atoms with van der Waals surface area (Å²) in [5.41, 5.74) is -2.82. The summed E-state index contributed by atoms with van der Waals surface area (Å²) >= 11 is 0. The number of halogens is 6. The minimum atomic E-state index is -4.74. The number of aromatic hydroxyl groups is 1. The van der Waals surface area contributed by atoms with Gasteiger partial charge in [0.05, 0.1) is 16.7 Å². The largest absolute Gasteiger partial charge is 0.507 e. The number of nitrogens with one attached hydrogen (secondary N) is 1. The summed E-state index contributed by atoms with van der Waals surface area (Å²) in [7, 11) is 0. The van der Waals surface area contributed by atoms with E-state index in [0.29, 0.717) is 18.2 Å². The zero-order valence-corrected chi connectivity index (χ0v) is 15.7. The van der Waals surface area contributed by atoms with Crippen molar-refractivity contribution in [3.8, 4) is 5.75 Å². The Hall–Kier alpha value is -3.24. The van der Waals surface area contributed by atoms with Crippen molar-refractivity contribution in [2.45, 2.75) is 31.4 Å². The predicted octanol–water partition coefficient (Wildman–Crippen LogP) is 3.96. The Balaban J connectivity index is 1.73. The number of likely N-dealkylation sites (tertiary alicyclic amines) is 1. The van der Waals surface area contributed by atoms with Gasteiger partial charge in [-0.05, 0) is 36.2 Å². The Labute approximate surface area is 172 Å². The molecule has 1 atom stereocenters. The lowest BCUT2D eigenvalue weighted by molar-refractivity contribution is -0.139. The van der Waals surface area contributed by atoms with Gasteiger partial charge in [0.25, 0.3) is 5.91 Å². The first-order valence-corrected chi connectivity index (χ1v) is 9.03. The number of carbonyl (C=O) groups excluding carboxylic acids is 2. The Morgan fingerprint density at radius 1 is 1.06 bits per heavy atom. The van der Waals surface area contributed by atoms with Crippen molar-refractivity contribution in [3.63, 3.8) is 0 Å². The lowest BCUT2D eigenvalue weighted by Gasteiger charge is -2.20. The van der Waals surface area contributed by atoms with E-state index in [4.69, 9.17) is 0 Å². The lowest BCUT2D eigenvalue weighted by Crippen LogP contribution is -2.41. The van der Waals surface area contributed by atoms with E-state index >= 15 is 0 Å². The molecule has 0 aromatic heterocycles. The van der Waals surface area contributed by atoms with E-state index in [9.17, 15) is 41.0 Å². The van der Waals surface area contributed by atoms with E-state index in [1.165, 1.54) is 18.2 Å². The number of carbonyl (C=O) groups is 2. The molecule has 2 aromatic rings. The Morgan fingerprint density at radius 3 is 2.39 bits per heavy atom. The number of rotatable bonds is 4. The number of benzene rings is 2. The number of hydrogen-bond acceptors (Lipinski definition) is 3. The Morgan fingerprint density at radius 2 is 1.74 bits per heavy atom. The molecule has 2 aromatic carbocycles. The van der Waals surface area contributed by atoms with Crippen LogP contribution in [0.25, 0.3) is 0 Å². The summed E-state index contributed by atoms with van der Waals surface area (Å²) in [5.74, 6) is -2.47. The van der Waals surface area contributed by atoms with Crippen LogP contribution in [0.4, 0.5) is 26.3 Å². The van der Waals surface area contributed by atoms with Gasteiger partial charge in [0.1, 0.15) is 11.8 Å². The smallest absolute Gasteiger partial charge is 0.416 e. The lowest BCUT2D eigenvalue weighted by atomic mass is 10.1. The van der Waals surface area contributed by atoms with Gasteiger partial charge in [-0.1, -0.05) is 18.2 Å². The van der Waals surface area contributed by atoms with Crippen molar-refractivity contribution in [3.05, 3.63) is 64.7 Å². The predicted molar refractivity (Wildman–Crippen MR) is 95.8 cm³/mol. The number of hydrogen-bond donors (Lipinski definition) is 2. The first-order valence-electron chi connectivity index (χ1n) is 9.03. The van der Waals surface area contributed by atoms with Crippen LogP contribution in [0.15, 0.2) is 42.5 Å². The molecular weight excluding hydrogens is 430 g/mol. The number of amides is 2. The van der Waals surface area contributed by atoms with Gasteiger partial charge in [-0.25, -0.2) is 0 Å². The van der Waals surface area contributed by atoms with Crippen LogP contribution in [0.1, 0.15) is 33.5 Å². The molecule has 1 unspecified atom stereocenters. The van der Waals surface area contributed by atoms with E-state index in [1.54, 1.807) is 0 Å². The fourth-order valence-electron chi connectivity index (χ4n) is 3.30. The van der Waals surface area contributed by atoms with E-state index < -0.39 is 52.6 Å². The molecule has 31 heavy (non-hydrogen) atoms. The van der Waals surface area contributed by atoms with Crippen molar-refractivity contribution in [1.29, 1.82) is 0 Å². The van der Waals surface area contributed by atoms with Crippen molar-refractivity contribution in [1.82, 2.24) is 10.2 Å². The first-order chi connectivity index (χ1) is 14.4. The van der Waals surface area contributed by atoms with Crippen LogP contribution in [-0.2, 0) is 23.7 Å². The molecule has 1 heterocycles. The highest BCUT2D eigenvalue weighted by Crippen LogP contribution is 2.34. The van der Waals surface area contributed by atoms with Crippen molar-refractivity contribution in [2.24, 2.45) is 0 Å². The quantitative estimate of drug-likeness (QED) is 0.699. The normalized spacial score (nSPS) is 17.2. The second-order valence-corrected chi connectivity index (χ2v) is 6.96. The van der Waals surface area contributed by atoms with Gasteiger partial charge in [0.2, 0.25) is 5.91 Å². The van der Waals surface area contributed by atoms with E-state index in [2.05, 4.69) is 5.32 Å². The average Bonchev–Trinajstić information content (AvgIpc) is 3.00. The third kappa shape index (κ3) is 4.92. The van der Waals surface area contributed by atoms with Crippen molar-refractivity contribution in [2.75, 3.05) is 6.54 Å². The van der Waals surface area contributed by atoms with Crippen LogP contribution >= 0.6 is 0 Å². The second kappa shape index (κ2) is 8.12. The van der Waals surface area contributed by atoms with Gasteiger partial charge in [0, 0.05) is 13.1 Å². The van der Waals surface area contributed by atoms with Crippen LogP contribution in [-0.4, -0.2) is 34.4 Å². The molecule has 2 N–H and O–H groups in total. The molecule has 0 spiro atoms. The molecule has 1 aliphatic heterocycles. The number of phenolic OH excluding ortho intramolecular Hbond substituents is 1. The van der Waals surface area contributed by atoms with Gasteiger partial charge in [0.15, 0.2) is 0 Å². The van der Waals surface area contributed by atoms with Crippen LogP contribution in [0.3, 0.4) is 0 Å². The van der Waals surface area contributed by atoms with Gasteiger partial charge < -0.3 is 15.3 Å². The molecule has 0 radical (unpaired) electrons. The summed E-state index contributed by atoms with van der Waals surface area (Å²) in [6.45, 7) is -0.291. The van der Waals surface area contributed by atoms with Gasteiger partial charge >= 0.3 is 12.4 Å². The van der Waals surface area contributed by atoms with E-state index in [1.807, 2.05) is 0 Å². The highest BCUT2D eigenvalue weighted by Gasteiger charge is 2.37. The third-order valence-electron chi connectivity index (χ3n) is 4.86. The van der Waals surface area contributed by atoms with Crippen molar-refractivity contribution < 1.29 is 41.0 Å². The fourth-order valence-corrected chi connectivity index (χ4v) is 3.30. The second-order valence-electron chi connectivity index (χ2n) is 6.96. The van der Waals surface area contributed by atoms with E-state index in [0.717, 1.165) is 11.0 Å². The summed E-state index contributed by atoms with van der Waals surface area (Å²) in [5, 5.41) is 12.0. The molecule has 3 rings (SSSR count). The maximum Gasteiger partial charge on any atom is 0.416 e. The molecule has 11 heteroatoms. The highest BCUT2D eigenvalue weighted by molar-refractivity contribution is 6.00. The van der Waals surface area contributed by atoms with Crippen LogP contribution in [0.5, 0.6) is 5.75 Å². The summed E-state index contributed by atoms with van der Waals surface area (Å²) in [6.07, 6.45) is -9.29. The maximum absolute atomic E-state index is 13.1. The van der Waals surface area contributed by atoms with Crippen LogP contribution in [0, 0.1) is 0 Å². The molecule has 166 valence electrons.